The third-order valence-electron chi connectivity index (χ3n) is 5.55. The Morgan fingerprint density at radius 1 is 1.24 bits per heavy atom. The van der Waals surface area contributed by atoms with Crippen LogP contribution in [0.25, 0.3) is 0 Å². The number of hydrogen-bond donors (Lipinski definition) is 1. The lowest BCUT2D eigenvalue weighted by molar-refractivity contribution is -0.115. The van der Waals surface area contributed by atoms with Gasteiger partial charge in [-0.25, -0.2) is 9.78 Å². The number of nitrogens with zero attached hydrogens (tertiary/aromatic N) is 2. The topological polar surface area (TPSA) is 92.1 Å². The zero-order valence-corrected chi connectivity index (χ0v) is 21.0. The van der Waals surface area contributed by atoms with Crippen LogP contribution in [0, 0.1) is 11.3 Å². The summed E-state index contributed by atoms with van der Waals surface area (Å²) in [4.78, 5) is 31.2. The minimum atomic E-state index is -0.353. The van der Waals surface area contributed by atoms with Crippen LogP contribution >= 0.6 is 23.1 Å². The summed E-state index contributed by atoms with van der Waals surface area (Å²) in [6.45, 7) is 4.23. The quantitative estimate of drug-likeness (QED) is 0.255. The zero-order chi connectivity index (χ0) is 23.6. The highest BCUT2D eigenvalue weighted by molar-refractivity contribution is 7.99. The van der Waals surface area contributed by atoms with Crippen LogP contribution in [0.2, 0.25) is 0 Å². The maximum atomic E-state index is 12.7. The fourth-order valence-corrected chi connectivity index (χ4v) is 6.08. The third-order valence-corrected chi connectivity index (χ3v) is 7.75. The van der Waals surface area contributed by atoms with Crippen molar-refractivity contribution in [1.29, 1.82) is 5.26 Å². The van der Waals surface area contributed by atoms with Crippen molar-refractivity contribution in [2.24, 2.45) is 0 Å². The molecule has 0 aromatic carbocycles. The summed E-state index contributed by atoms with van der Waals surface area (Å²) in [5.74, 6) is 0.00309. The summed E-state index contributed by atoms with van der Waals surface area (Å²) in [6, 6.07) is 5.90. The van der Waals surface area contributed by atoms with Crippen LogP contribution in [0.3, 0.4) is 0 Å². The van der Waals surface area contributed by atoms with Crippen molar-refractivity contribution in [2.45, 2.75) is 76.7 Å². The second kappa shape index (κ2) is 12.8. The molecule has 8 heteroatoms. The number of unbranched alkanes of at least 4 members (excludes halogenated alkanes) is 1. The molecule has 0 saturated carbocycles. The number of carbonyl (C=O) groups excluding carboxylic acids is 2. The average Bonchev–Trinajstić information content (AvgIpc) is 2.98. The number of rotatable bonds is 10. The molecule has 0 saturated heterocycles. The second-order valence-electron chi connectivity index (χ2n) is 8.01. The number of aromatic nitrogens is 1. The zero-order valence-electron chi connectivity index (χ0n) is 19.4. The van der Waals surface area contributed by atoms with Gasteiger partial charge in [0.2, 0.25) is 5.91 Å². The lowest BCUT2D eigenvalue weighted by Gasteiger charge is -2.09. The van der Waals surface area contributed by atoms with Gasteiger partial charge in [0.15, 0.2) is 0 Å². The summed E-state index contributed by atoms with van der Waals surface area (Å²) in [5, 5.41) is 13.6. The highest BCUT2D eigenvalue weighted by atomic mass is 32.2. The number of thioether (sulfide) groups is 1. The monoisotopic (exact) mass is 485 g/mol. The van der Waals surface area contributed by atoms with Crippen LogP contribution in [0.5, 0.6) is 0 Å². The summed E-state index contributed by atoms with van der Waals surface area (Å²) in [7, 11) is 0. The minimum Gasteiger partial charge on any atom is -0.462 e. The van der Waals surface area contributed by atoms with Gasteiger partial charge in [-0.1, -0.05) is 19.8 Å². The number of fused-ring (bicyclic) bond motifs is 1. The van der Waals surface area contributed by atoms with Crippen molar-refractivity contribution in [2.75, 3.05) is 17.7 Å². The predicted molar refractivity (Wildman–Crippen MR) is 133 cm³/mol. The van der Waals surface area contributed by atoms with E-state index in [1.54, 1.807) is 6.92 Å². The van der Waals surface area contributed by atoms with Gasteiger partial charge in [0.25, 0.3) is 0 Å². The standard InChI is InChI=1S/C25H31N3O3S2/c1-3-5-9-18-13-12-17(16-26)23(27-18)32-15-14-21(29)28-24-22(25(30)31-4-2)19-10-7-6-8-11-20(19)33-24/h12-13H,3-11,14-15H2,1-2H3,(H,28,29). The normalized spacial score (nSPS) is 13.0. The van der Waals surface area contributed by atoms with Gasteiger partial charge in [-0.2, -0.15) is 5.26 Å². The summed E-state index contributed by atoms with van der Waals surface area (Å²) in [5.41, 5.74) is 3.10. The Morgan fingerprint density at radius 3 is 2.82 bits per heavy atom. The maximum Gasteiger partial charge on any atom is 0.341 e. The van der Waals surface area contributed by atoms with Crippen LogP contribution in [0.1, 0.15) is 84.4 Å². The van der Waals surface area contributed by atoms with Gasteiger partial charge in [-0.15, -0.1) is 23.1 Å². The number of aryl methyl sites for hydroxylation is 2. The van der Waals surface area contributed by atoms with E-state index in [1.807, 2.05) is 12.1 Å². The fourth-order valence-electron chi connectivity index (χ4n) is 3.85. The van der Waals surface area contributed by atoms with Crippen LogP contribution in [0.4, 0.5) is 5.00 Å². The van der Waals surface area contributed by atoms with E-state index < -0.39 is 0 Å². The molecule has 0 radical (unpaired) electrons. The van der Waals surface area contributed by atoms with Crippen molar-refractivity contribution < 1.29 is 14.3 Å². The Labute approximate surface area is 204 Å². The van der Waals surface area contributed by atoms with Crippen molar-refractivity contribution in [3.63, 3.8) is 0 Å². The Balaban J connectivity index is 1.66. The number of amides is 1. The third kappa shape index (κ3) is 6.81. The molecule has 0 unspecified atom stereocenters. The van der Waals surface area contributed by atoms with Crippen molar-refractivity contribution in [1.82, 2.24) is 4.98 Å². The maximum absolute atomic E-state index is 12.7. The smallest absolute Gasteiger partial charge is 0.341 e. The number of hydrogen-bond acceptors (Lipinski definition) is 7. The summed E-state index contributed by atoms with van der Waals surface area (Å²) in [6.07, 6.45) is 8.39. The van der Waals surface area contributed by atoms with Gasteiger partial charge in [0, 0.05) is 22.7 Å². The Bertz CT molecular complexity index is 1030. The predicted octanol–water partition coefficient (Wildman–Crippen LogP) is 5.92. The number of esters is 1. The van der Waals surface area contributed by atoms with E-state index in [4.69, 9.17) is 4.74 Å². The first-order valence-electron chi connectivity index (χ1n) is 11.7. The molecule has 1 aliphatic carbocycles. The summed E-state index contributed by atoms with van der Waals surface area (Å²) < 4.78 is 5.29. The molecule has 1 amide bonds. The Morgan fingerprint density at radius 2 is 2.06 bits per heavy atom. The van der Waals surface area contributed by atoms with Crippen molar-refractivity contribution >= 4 is 40.0 Å². The largest absolute Gasteiger partial charge is 0.462 e. The van der Waals surface area contributed by atoms with Gasteiger partial charge in [0.05, 0.1) is 17.7 Å². The molecule has 2 aromatic rings. The average molecular weight is 486 g/mol. The van der Waals surface area contributed by atoms with E-state index >= 15 is 0 Å². The van der Waals surface area contributed by atoms with E-state index in [1.165, 1.54) is 28.0 Å². The lowest BCUT2D eigenvalue weighted by Crippen LogP contribution is -2.15. The molecular formula is C25H31N3O3S2. The molecule has 33 heavy (non-hydrogen) atoms. The molecule has 0 aliphatic heterocycles. The van der Waals surface area contributed by atoms with Crippen LogP contribution in [-0.4, -0.2) is 29.2 Å². The summed E-state index contributed by atoms with van der Waals surface area (Å²) >= 11 is 2.93. The first-order valence-corrected chi connectivity index (χ1v) is 13.5. The van der Waals surface area contributed by atoms with Crippen LogP contribution in [0.15, 0.2) is 17.2 Å². The number of ether oxygens (including phenoxy) is 1. The first-order chi connectivity index (χ1) is 16.1. The fraction of sp³-hybridized carbons (Fsp3) is 0.520. The molecule has 0 spiro atoms. The Hall–Kier alpha value is -2.37. The number of pyridine rings is 1. The number of nitrogens with one attached hydrogen (secondary N) is 1. The molecule has 3 rings (SSSR count). The van der Waals surface area contributed by atoms with Gasteiger partial charge < -0.3 is 10.1 Å². The SMILES string of the molecule is CCCCc1ccc(C#N)c(SCCC(=O)Nc2sc3c(c2C(=O)OCC)CCCCC3)n1. The van der Waals surface area contributed by atoms with Crippen LogP contribution < -0.4 is 5.32 Å². The Kier molecular flexibility index (Phi) is 9.76. The molecule has 2 heterocycles. The lowest BCUT2D eigenvalue weighted by atomic mass is 10.1. The van der Waals surface area contributed by atoms with Gasteiger partial charge >= 0.3 is 5.97 Å². The molecule has 6 nitrogen and oxygen atoms in total. The number of carbonyl (C=O) groups is 2. The number of anilines is 1. The van der Waals surface area contributed by atoms with Gasteiger partial charge in [-0.05, 0) is 63.1 Å². The van der Waals surface area contributed by atoms with Crippen molar-refractivity contribution in [3.05, 3.63) is 39.4 Å². The second-order valence-corrected chi connectivity index (χ2v) is 10.2. The first kappa shape index (κ1) is 25.3. The van der Waals surface area contributed by atoms with E-state index in [9.17, 15) is 14.9 Å². The van der Waals surface area contributed by atoms with E-state index in [-0.39, 0.29) is 18.3 Å². The minimum absolute atomic E-state index is 0.148. The highest BCUT2D eigenvalue weighted by Gasteiger charge is 2.26. The van der Waals surface area contributed by atoms with E-state index in [2.05, 4.69) is 23.3 Å². The molecule has 0 fully saturated rings. The van der Waals surface area contributed by atoms with Crippen LogP contribution in [-0.2, 0) is 28.8 Å². The van der Waals surface area contributed by atoms with E-state index in [0.717, 1.165) is 62.6 Å². The van der Waals surface area contributed by atoms with E-state index in [0.29, 0.717) is 33.5 Å². The number of nitriles is 1. The molecular weight excluding hydrogens is 454 g/mol. The van der Waals surface area contributed by atoms with Crippen molar-refractivity contribution in [3.8, 4) is 6.07 Å². The molecule has 2 aromatic heterocycles. The molecule has 0 bridgehead atoms. The molecule has 0 atom stereocenters. The molecule has 176 valence electrons. The molecule has 1 N–H and O–H groups in total. The van der Waals surface area contributed by atoms with Gasteiger partial charge in [0.1, 0.15) is 16.1 Å². The molecule has 1 aliphatic rings. The highest BCUT2D eigenvalue weighted by Crippen LogP contribution is 2.38. The number of thiophene rings is 1. The van der Waals surface area contributed by atoms with Gasteiger partial charge in [-0.3, -0.25) is 4.79 Å².